The van der Waals surface area contributed by atoms with E-state index < -0.39 is 17.5 Å². The molecule has 0 bridgehead atoms. The lowest BCUT2D eigenvalue weighted by Gasteiger charge is -2.13. The van der Waals surface area contributed by atoms with Gasteiger partial charge in [-0.1, -0.05) is 17.7 Å². The Morgan fingerprint density at radius 1 is 1.00 bits per heavy atom. The van der Waals surface area contributed by atoms with Crippen LogP contribution in [-0.4, -0.2) is 24.1 Å². The summed E-state index contributed by atoms with van der Waals surface area (Å²) in [6.07, 6.45) is 0. The summed E-state index contributed by atoms with van der Waals surface area (Å²) in [5, 5.41) is 5.27. The highest BCUT2D eigenvalue weighted by Gasteiger charge is 2.11. The molecule has 0 aromatic heterocycles. The third-order valence-electron chi connectivity index (χ3n) is 3.64. The molecule has 0 unspecified atom stereocenters. The number of nitrogens with one attached hydrogen (secondary N) is 2. The van der Waals surface area contributed by atoms with Crippen LogP contribution in [0.5, 0.6) is 0 Å². The summed E-state index contributed by atoms with van der Waals surface area (Å²) in [6.45, 7) is 5.61. The maximum absolute atomic E-state index is 13.5. The maximum atomic E-state index is 13.5. The van der Waals surface area contributed by atoms with Crippen molar-refractivity contribution in [2.45, 2.75) is 25.7 Å². The van der Waals surface area contributed by atoms with Gasteiger partial charge in [-0.2, -0.15) is 0 Å². The standard InChI is InChI=1S/C19H20F2N2O2S/c1-11-6-12(2)19(13(3)7-11)23-17(24)9-22-18(25)10-26-16-5-4-14(20)8-15(16)21/h4-8H,9-10H2,1-3H3,(H,22,25)(H,23,24). The predicted octanol–water partition coefficient (Wildman–Crippen LogP) is 3.74. The van der Waals surface area contributed by atoms with E-state index in [0.29, 0.717) is 0 Å². The summed E-state index contributed by atoms with van der Waals surface area (Å²) >= 11 is 0.941. The largest absolute Gasteiger partial charge is 0.346 e. The smallest absolute Gasteiger partial charge is 0.243 e. The van der Waals surface area contributed by atoms with E-state index in [1.165, 1.54) is 6.07 Å². The SMILES string of the molecule is Cc1cc(C)c(NC(=O)CNC(=O)CSc2ccc(F)cc2F)c(C)c1. The second-order valence-electron chi connectivity index (χ2n) is 5.96. The fourth-order valence-corrected chi connectivity index (χ4v) is 3.28. The summed E-state index contributed by atoms with van der Waals surface area (Å²) in [4.78, 5) is 24.0. The molecule has 2 aromatic carbocycles. The van der Waals surface area contributed by atoms with E-state index in [1.807, 2.05) is 32.9 Å². The van der Waals surface area contributed by atoms with Crippen LogP contribution in [0.15, 0.2) is 35.2 Å². The third kappa shape index (κ3) is 5.56. The van der Waals surface area contributed by atoms with E-state index in [9.17, 15) is 18.4 Å². The van der Waals surface area contributed by atoms with Gasteiger partial charge in [-0.25, -0.2) is 8.78 Å². The first-order valence-electron chi connectivity index (χ1n) is 7.98. The Labute approximate surface area is 155 Å². The number of amides is 2. The number of hydrogen-bond donors (Lipinski definition) is 2. The lowest BCUT2D eigenvalue weighted by atomic mass is 10.1. The summed E-state index contributed by atoms with van der Waals surface area (Å²) in [5.74, 6) is -2.21. The molecule has 138 valence electrons. The minimum atomic E-state index is -0.717. The highest BCUT2D eigenvalue weighted by atomic mass is 32.2. The first-order chi connectivity index (χ1) is 12.3. The highest BCUT2D eigenvalue weighted by molar-refractivity contribution is 8.00. The Morgan fingerprint density at radius 3 is 2.27 bits per heavy atom. The van der Waals surface area contributed by atoms with Crippen LogP contribution < -0.4 is 10.6 Å². The van der Waals surface area contributed by atoms with Crippen LogP contribution in [0.2, 0.25) is 0 Å². The number of halogens is 2. The Balaban J connectivity index is 1.83. The number of thioether (sulfide) groups is 1. The van der Waals surface area contributed by atoms with Gasteiger partial charge in [0.15, 0.2) is 0 Å². The van der Waals surface area contributed by atoms with Crippen LogP contribution in [0, 0.1) is 32.4 Å². The average molecular weight is 378 g/mol. The molecule has 2 rings (SSSR count). The molecule has 0 fully saturated rings. The van der Waals surface area contributed by atoms with E-state index in [4.69, 9.17) is 0 Å². The molecule has 0 aliphatic heterocycles. The lowest BCUT2D eigenvalue weighted by molar-refractivity contribution is -0.122. The van der Waals surface area contributed by atoms with E-state index in [-0.39, 0.29) is 23.1 Å². The Morgan fingerprint density at radius 2 is 1.65 bits per heavy atom. The van der Waals surface area contributed by atoms with Crippen LogP contribution in [0.1, 0.15) is 16.7 Å². The van der Waals surface area contributed by atoms with Gasteiger partial charge in [0, 0.05) is 16.6 Å². The van der Waals surface area contributed by atoms with Crippen molar-refractivity contribution in [3.05, 3.63) is 58.7 Å². The number of carbonyl (C=O) groups is 2. The molecule has 0 saturated carbocycles. The van der Waals surface area contributed by atoms with Crippen molar-refractivity contribution < 1.29 is 18.4 Å². The van der Waals surface area contributed by atoms with E-state index >= 15 is 0 Å². The van der Waals surface area contributed by atoms with Gasteiger partial charge in [0.2, 0.25) is 11.8 Å². The molecule has 4 nitrogen and oxygen atoms in total. The molecular formula is C19H20F2N2O2S. The molecule has 26 heavy (non-hydrogen) atoms. The minimum Gasteiger partial charge on any atom is -0.346 e. The average Bonchev–Trinajstić information content (AvgIpc) is 2.55. The topological polar surface area (TPSA) is 58.2 Å². The monoisotopic (exact) mass is 378 g/mol. The van der Waals surface area contributed by atoms with E-state index in [1.54, 1.807) is 0 Å². The summed E-state index contributed by atoms with van der Waals surface area (Å²) in [5.41, 5.74) is 3.74. The Kier molecular flexibility index (Phi) is 6.74. The molecule has 0 saturated heterocycles. The van der Waals surface area contributed by atoms with Crippen molar-refractivity contribution >= 4 is 29.3 Å². The van der Waals surface area contributed by atoms with Gasteiger partial charge in [-0.3, -0.25) is 9.59 Å². The van der Waals surface area contributed by atoms with Crippen LogP contribution in [0.4, 0.5) is 14.5 Å². The zero-order valence-corrected chi connectivity index (χ0v) is 15.6. The summed E-state index contributed by atoms with van der Waals surface area (Å²) in [6, 6.07) is 7.10. The van der Waals surface area contributed by atoms with Crippen molar-refractivity contribution in [3.8, 4) is 0 Å². The molecule has 7 heteroatoms. The van der Waals surface area contributed by atoms with Crippen molar-refractivity contribution in [1.29, 1.82) is 0 Å². The van der Waals surface area contributed by atoms with Crippen LogP contribution in [0.25, 0.3) is 0 Å². The maximum Gasteiger partial charge on any atom is 0.243 e. The Hall–Kier alpha value is -2.41. The third-order valence-corrected chi connectivity index (χ3v) is 4.69. The van der Waals surface area contributed by atoms with Gasteiger partial charge in [0.1, 0.15) is 11.6 Å². The molecule has 0 aliphatic carbocycles. The first-order valence-corrected chi connectivity index (χ1v) is 8.97. The number of rotatable bonds is 6. The van der Waals surface area contributed by atoms with Crippen LogP contribution in [0.3, 0.4) is 0 Å². The number of carbonyl (C=O) groups excluding carboxylic acids is 2. The van der Waals surface area contributed by atoms with E-state index in [2.05, 4.69) is 10.6 Å². The zero-order chi connectivity index (χ0) is 19.3. The number of aryl methyl sites for hydroxylation is 3. The van der Waals surface area contributed by atoms with Gasteiger partial charge < -0.3 is 10.6 Å². The normalized spacial score (nSPS) is 10.5. The molecule has 0 spiro atoms. The van der Waals surface area contributed by atoms with Crippen LogP contribution >= 0.6 is 11.8 Å². The summed E-state index contributed by atoms with van der Waals surface area (Å²) < 4.78 is 26.3. The van der Waals surface area contributed by atoms with Gasteiger partial charge in [-0.15, -0.1) is 11.8 Å². The second-order valence-corrected chi connectivity index (χ2v) is 6.98. The summed E-state index contributed by atoms with van der Waals surface area (Å²) in [7, 11) is 0. The molecule has 0 heterocycles. The van der Waals surface area contributed by atoms with Gasteiger partial charge >= 0.3 is 0 Å². The van der Waals surface area contributed by atoms with Crippen molar-refractivity contribution in [2.75, 3.05) is 17.6 Å². The van der Waals surface area contributed by atoms with Crippen molar-refractivity contribution in [2.24, 2.45) is 0 Å². The fourth-order valence-electron chi connectivity index (χ4n) is 2.53. The molecule has 2 amide bonds. The highest BCUT2D eigenvalue weighted by Crippen LogP contribution is 2.22. The lowest BCUT2D eigenvalue weighted by Crippen LogP contribution is -2.34. The zero-order valence-electron chi connectivity index (χ0n) is 14.8. The second kappa shape index (κ2) is 8.80. The molecular weight excluding hydrogens is 358 g/mol. The number of hydrogen-bond acceptors (Lipinski definition) is 3. The molecule has 0 aliphatic rings. The van der Waals surface area contributed by atoms with Gasteiger partial charge in [0.05, 0.1) is 12.3 Å². The molecule has 2 aromatic rings. The number of benzene rings is 2. The Bertz CT molecular complexity index is 817. The van der Waals surface area contributed by atoms with Crippen molar-refractivity contribution in [3.63, 3.8) is 0 Å². The minimum absolute atomic E-state index is 0.0710. The van der Waals surface area contributed by atoms with Crippen LogP contribution in [-0.2, 0) is 9.59 Å². The van der Waals surface area contributed by atoms with Gasteiger partial charge in [-0.05, 0) is 44.0 Å². The predicted molar refractivity (Wildman–Crippen MR) is 99.4 cm³/mol. The van der Waals surface area contributed by atoms with Gasteiger partial charge in [0.25, 0.3) is 0 Å². The molecule has 0 atom stereocenters. The molecule has 0 radical (unpaired) electrons. The fraction of sp³-hybridized carbons (Fsp3) is 0.263. The quantitative estimate of drug-likeness (QED) is 0.753. The molecule has 2 N–H and O–H groups in total. The van der Waals surface area contributed by atoms with Crippen molar-refractivity contribution in [1.82, 2.24) is 5.32 Å². The first kappa shape index (κ1) is 19.9. The number of anilines is 1. The van der Waals surface area contributed by atoms with E-state index in [0.717, 1.165) is 46.3 Å².